The number of anilines is 1. The van der Waals surface area contributed by atoms with Crippen molar-refractivity contribution < 1.29 is 49.4 Å². The Morgan fingerprint density at radius 2 is 1.13 bits per heavy atom. The number of rotatable bonds is 41. The lowest BCUT2D eigenvalue weighted by molar-refractivity contribution is -0.157. The van der Waals surface area contributed by atoms with E-state index in [0.29, 0.717) is 6.42 Å². The third kappa shape index (κ3) is 29.1. The van der Waals surface area contributed by atoms with Crippen molar-refractivity contribution in [2.24, 2.45) is 5.73 Å². The van der Waals surface area contributed by atoms with Crippen molar-refractivity contribution in [1.29, 1.82) is 0 Å². The van der Waals surface area contributed by atoms with Crippen LogP contribution < -0.4 is 11.1 Å². The molecule has 0 fully saturated rings. The van der Waals surface area contributed by atoms with Crippen LogP contribution in [0.4, 0.5) is 5.82 Å². The minimum Gasteiger partial charge on any atom is -0.462 e. The maximum Gasteiger partial charge on any atom is 0.306 e. The molecule has 350 valence electrons. The summed E-state index contributed by atoms with van der Waals surface area (Å²) in [7, 11) is 0. The monoisotopic (exact) mass is 874 g/mol. The number of aliphatic hydroxyl groups is 5. The van der Waals surface area contributed by atoms with E-state index in [0.717, 1.165) is 43.2 Å². The zero-order valence-corrected chi connectivity index (χ0v) is 37.9. The number of esters is 2. The van der Waals surface area contributed by atoms with E-state index in [9.17, 15) is 34.8 Å². The predicted octanol–water partition coefficient (Wildman–Crippen LogP) is 6.35. The minimum absolute atomic E-state index is 0.0303. The molecule has 60 heavy (non-hydrogen) atoms. The van der Waals surface area contributed by atoms with E-state index < -0.39 is 49.1 Å². The molecule has 0 aliphatic heterocycles. The van der Waals surface area contributed by atoms with Crippen LogP contribution in [0.25, 0.3) is 0 Å². The lowest BCUT2D eigenvalue weighted by Crippen LogP contribution is -2.47. The van der Waals surface area contributed by atoms with Gasteiger partial charge in [0, 0.05) is 24.3 Å². The van der Waals surface area contributed by atoms with Crippen molar-refractivity contribution in [2.45, 2.75) is 224 Å². The molecule has 0 bridgehead atoms. The molecule has 1 amide bonds. The van der Waals surface area contributed by atoms with Crippen molar-refractivity contribution in [3.8, 4) is 0 Å². The molecule has 0 saturated carbocycles. The van der Waals surface area contributed by atoms with Gasteiger partial charge in [0.25, 0.3) is 0 Å². The molecule has 0 saturated heterocycles. The number of nitrogens with one attached hydrogen (secondary N) is 1. The highest BCUT2D eigenvalue weighted by Crippen LogP contribution is 2.17. The largest absolute Gasteiger partial charge is 0.462 e. The number of carbonyl (C=O) groups excluding carboxylic acids is 3. The van der Waals surface area contributed by atoms with Crippen LogP contribution >= 0.6 is 11.8 Å². The van der Waals surface area contributed by atoms with E-state index in [1.165, 1.54) is 134 Å². The van der Waals surface area contributed by atoms with Gasteiger partial charge in [-0.1, -0.05) is 160 Å². The molecule has 1 rings (SSSR count). The highest BCUT2D eigenvalue weighted by molar-refractivity contribution is 7.99. The summed E-state index contributed by atoms with van der Waals surface area (Å²) in [6.07, 6.45) is 23.2. The number of carbonyl (C=O) groups is 3. The normalized spacial score (nSPS) is 14.6. The molecule has 16 heteroatoms. The Morgan fingerprint density at radius 3 is 1.62 bits per heavy atom. The second-order valence-corrected chi connectivity index (χ2v) is 17.4. The molecule has 1 aromatic rings. The van der Waals surface area contributed by atoms with Crippen molar-refractivity contribution >= 4 is 35.4 Å². The fraction of sp³-hybridized carbons (Fsp3) is 0.886. The Labute approximate surface area is 364 Å². The molecule has 1 aromatic heterocycles. The molecule has 8 N–H and O–H groups in total. The number of hydrogen-bond acceptors (Lipinski definition) is 14. The van der Waals surface area contributed by atoms with Gasteiger partial charge in [-0.05, 0) is 12.8 Å². The van der Waals surface area contributed by atoms with Crippen LogP contribution in [0.5, 0.6) is 0 Å². The van der Waals surface area contributed by atoms with Crippen LogP contribution in [0, 0.1) is 0 Å². The molecule has 0 aliphatic carbocycles. The Balaban J connectivity index is 2.51. The number of ether oxygens (including phenoxy) is 2. The summed E-state index contributed by atoms with van der Waals surface area (Å²) in [5, 5.41) is 58.7. The summed E-state index contributed by atoms with van der Waals surface area (Å²) >= 11 is 1.29. The van der Waals surface area contributed by atoms with Gasteiger partial charge in [-0.25, -0.2) is 4.68 Å². The van der Waals surface area contributed by atoms with Gasteiger partial charge in [0.2, 0.25) is 5.91 Å². The van der Waals surface area contributed by atoms with Gasteiger partial charge < -0.3 is 46.1 Å². The number of unbranched alkanes of at least 4 members (excludes halogenated alkanes) is 22. The number of hydrogen-bond donors (Lipinski definition) is 7. The van der Waals surface area contributed by atoms with Crippen molar-refractivity contribution in [1.82, 2.24) is 15.0 Å². The third-order valence-electron chi connectivity index (χ3n) is 10.6. The molecule has 0 radical (unpaired) electrons. The van der Waals surface area contributed by atoms with E-state index in [-0.39, 0.29) is 48.8 Å². The van der Waals surface area contributed by atoms with Gasteiger partial charge in [0.1, 0.15) is 37.1 Å². The molecule has 0 unspecified atom stereocenters. The maximum absolute atomic E-state index is 12.8. The Morgan fingerprint density at radius 1 is 0.683 bits per heavy atom. The third-order valence-corrected chi connectivity index (χ3v) is 11.8. The average Bonchev–Trinajstić information content (AvgIpc) is 3.68. The van der Waals surface area contributed by atoms with Crippen LogP contribution in [-0.4, -0.2) is 120 Å². The molecule has 0 spiro atoms. The molecule has 1 heterocycles. The quantitative estimate of drug-likeness (QED) is 0.0280. The van der Waals surface area contributed by atoms with E-state index in [1.807, 2.05) is 0 Å². The zero-order chi connectivity index (χ0) is 44.2. The molecule has 0 aliphatic rings. The van der Waals surface area contributed by atoms with Gasteiger partial charge >= 0.3 is 11.9 Å². The second kappa shape index (κ2) is 37.2. The van der Waals surface area contributed by atoms with Gasteiger partial charge in [0.15, 0.2) is 5.82 Å². The van der Waals surface area contributed by atoms with E-state index in [1.54, 1.807) is 0 Å². The summed E-state index contributed by atoms with van der Waals surface area (Å²) in [6, 6.07) is -0.978. The maximum atomic E-state index is 12.8. The summed E-state index contributed by atoms with van der Waals surface area (Å²) in [5.41, 5.74) is 6.14. The molecule has 15 nitrogen and oxygen atoms in total. The number of nitrogens with zero attached hydrogens (tertiary/aromatic N) is 3. The Hall–Kier alpha value is -2.34. The summed E-state index contributed by atoms with van der Waals surface area (Å²) < 4.78 is 12.4. The van der Waals surface area contributed by atoms with E-state index >= 15 is 0 Å². The van der Waals surface area contributed by atoms with Gasteiger partial charge in [-0.15, -0.1) is 5.10 Å². The highest BCUT2D eigenvalue weighted by Gasteiger charge is 2.30. The van der Waals surface area contributed by atoms with Crippen LogP contribution in [0.15, 0.2) is 6.20 Å². The second-order valence-electron chi connectivity index (χ2n) is 16.3. The fourth-order valence-corrected chi connectivity index (χ4v) is 7.74. The van der Waals surface area contributed by atoms with Gasteiger partial charge in [0.05, 0.1) is 25.4 Å². The Kier molecular flexibility index (Phi) is 34.6. The fourth-order valence-electron chi connectivity index (χ4n) is 6.77. The van der Waals surface area contributed by atoms with E-state index in [4.69, 9.17) is 20.3 Å². The SMILES string of the molecule is CCCCCCCCCCCCCCC(=O)OC[C@H](CSC[C@@H](N)C(=O)Nc1cn(C[C@H](O)[C@H](O)[C@H](O)[C@H](O)CO)nn1)OC(=O)CCCCCCCCCCCCCC. The smallest absolute Gasteiger partial charge is 0.306 e. The van der Waals surface area contributed by atoms with Crippen LogP contribution in [0.1, 0.15) is 181 Å². The number of aliphatic hydroxyl groups excluding tert-OH is 5. The lowest BCUT2D eigenvalue weighted by atomic mass is 10.0. The van der Waals surface area contributed by atoms with Crippen LogP contribution in [0.3, 0.4) is 0 Å². The minimum atomic E-state index is -1.79. The summed E-state index contributed by atoms with van der Waals surface area (Å²) in [5.74, 6) is -0.765. The van der Waals surface area contributed by atoms with Crippen molar-refractivity contribution in [3.05, 3.63) is 6.20 Å². The zero-order valence-electron chi connectivity index (χ0n) is 37.1. The molecular weight excluding hydrogens is 791 g/mol. The van der Waals surface area contributed by atoms with Crippen molar-refractivity contribution in [2.75, 3.05) is 30.0 Å². The lowest BCUT2D eigenvalue weighted by Gasteiger charge is -2.25. The van der Waals surface area contributed by atoms with Gasteiger partial charge in [-0.2, -0.15) is 11.8 Å². The average molecular weight is 874 g/mol. The van der Waals surface area contributed by atoms with Crippen LogP contribution in [-0.2, 0) is 30.4 Å². The number of amides is 1. The number of thioether (sulfide) groups is 1. The summed E-state index contributed by atoms with van der Waals surface area (Å²) in [4.78, 5) is 38.3. The number of aromatic nitrogens is 3. The first-order valence-electron chi connectivity index (χ1n) is 23.2. The van der Waals surface area contributed by atoms with Crippen molar-refractivity contribution in [3.63, 3.8) is 0 Å². The first-order valence-corrected chi connectivity index (χ1v) is 24.4. The summed E-state index contributed by atoms with van der Waals surface area (Å²) in [6.45, 7) is 3.26. The predicted molar refractivity (Wildman–Crippen MR) is 237 cm³/mol. The van der Waals surface area contributed by atoms with Crippen LogP contribution in [0.2, 0.25) is 0 Å². The van der Waals surface area contributed by atoms with Gasteiger partial charge in [-0.3, -0.25) is 14.4 Å². The molecular formula is C44H83N5O10S. The molecule has 6 atom stereocenters. The standard InChI is InChI=1S/C44H83N5O10S/c1-3-5-7-9-11-13-15-17-19-21-23-25-27-40(53)58-32-35(59-41(54)28-26-24-22-20-18-16-14-12-10-8-6-4-2)33-60-34-36(45)44(57)46-39-30-49(48-47-39)29-37(51)42(55)43(56)38(52)31-50/h30,35-38,42-43,50-52,55-56H,3-29,31-34,45H2,1-2H3,(H,46,57)/t35-,36-,37+,38-,42+,43-/m1/s1. The first kappa shape index (κ1) is 55.7. The highest BCUT2D eigenvalue weighted by atomic mass is 32.2. The Bertz CT molecular complexity index is 1210. The van der Waals surface area contributed by atoms with E-state index in [2.05, 4.69) is 29.5 Å². The first-order chi connectivity index (χ1) is 29.0. The topological polar surface area (TPSA) is 240 Å². The number of nitrogens with two attached hydrogens (primary N) is 1. The molecule has 0 aromatic carbocycles.